The predicted molar refractivity (Wildman–Crippen MR) is 123 cm³/mol. The van der Waals surface area contributed by atoms with Gasteiger partial charge in [-0.15, -0.1) is 0 Å². The molecule has 170 valence electrons. The van der Waals surface area contributed by atoms with Crippen LogP contribution in [0.1, 0.15) is 38.7 Å². The van der Waals surface area contributed by atoms with Gasteiger partial charge in [0.15, 0.2) is 0 Å². The molecule has 0 fully saturated rings. The summed E-state index contributed by atoms with van der Waals surface area (Å²) in [6, 6.07) is 16.2. The van der Waals surface area contributed by atoms with Crippen molar-refractivity contribution in [2.45, 2.75) is 38.7 Å². The zero-order valence-corrected chi connectivity index (χ0v) is 19.2. The number of anilines is 1. The normalized spacial score (nSPS) is 22.9. The third-order valence-electron chi connectivity index (χ3n) is 5.51. The molecular weight excluding hydrogens is 430 g/mol. The molecule has 0 aliphatic heterocycles. The molecule has 7 heteroatoms. The van der Waals surface area contributed by atoms with E-state index in [0.29, 0.717) is 21.9 Å². The molecule has 3 rings (SSSR count). The number of nitrogens with one attached hydrogen (secondary N) is 1. The van der Waals surface area contributed by atoms with E-state index in [2.05, 4.69) is 5.32 Å². The van der Waals surface area contributed by atoms with E-state index in [1.54, 1.807) is 45.0 Å². The number of aliphatic hydroxyl groups is 1. The Labute approximate surface area is 193 Å². The highest BCUT2D eigenvalue weighted by atomic mass is 35.5. The van der Waals surface area contributed by atoms with Crippen LogP contribution in [0.25, 0.3) is 0 Å². The summed E-state index contributed by atoms with van der Waals surface area (Å²) in [7, 11) is 0. The van der Waals surface area contributed by atoms with E-state index in [0.717, 1.165) is 5.69 Å². The second-order valence-corrected chi connectivity index (χ2v) is 8.33. The summed E-state index contributed by atoms with van der Waals surface area (Å²) in [6.45, 7) is 5.35. The van der Waals surface area contributed by atoms with Crippen LogP contribution in [0.3, 0.4) is 0 Å². The van der Waals surface area contributed by atoms with Crippen molar-refractivity contribution in [3.8, 4) is 0 Å². The van der Waals surface area contributed by atoms with Crippen molar-refractivity contribution in [1.82, 2.24) is 0 Å². The predicted octanol–water partition coefficient (Wildman–Crippen LogP) is 4.69. The quantitative estimate of drug-likeness (QED) is 0.587. The van der Waals surface area contributed by atoms with Crippen LogP contribution in [-0.4, -0.2) is 35.9 Å². The van der Waals surface area contributed by atoms with Gasteiger partial charge in [-0.3, -0.25) is 4.79 Å². The fourth-order valence-corrected chi connectivity index (χ4v) is 4.32. The fourth-order valence-electron chi connectivity index (χ4n) is 4.19. The molecule has 2 aromatic carbocycles. The lowest BCUT2D eigenvalue weighted by atomic mass is 9.66. The van der Waals surface area contributed by atoms with Crippen molar-refractivity contribution >= 4 is 29.2 Å². The van der Waals surface area contributed by atoms with Gasteiger partial charge in [0.2, 0.25) is 0 Å². The third-order valence-corrected chi connectivity index (χ3v) is 5.76. The molecule has 1 aliphatic carbocycles. The largest absolute Gasteiger partial charge is 0.466 e. The topological polar surface area (TPSA) is 84.9 Å². The first kappa shape index (κ1) is 23.8. The first-order valence-corrected chi connectivity index (χ1v) is 11.0. The molecule has 0 spiro atoms. The van der Waals surface area contributed by atoms with Gasteiger partial charge in [0.1, 0.15) is 0 Å². The molecule has 0 saturated heterocycles. The van der Waals surface area contributed by atoms with Crippen LogP contribution in [0.4, 0.5) is 5.69 Å². The van der Waals surface area contributed by atoms with E-state index in [-0.39, 0.29) is 19.6 Å². The molecule has 0 heterocycles. The number of hydrogen-bond donors (Lipinski definition) is 2. The summed E-state index contributed by atoms with van der Waals surface area (Å²) in [4.78, 5) is 26.3. The zero-order chi connectivity index (χ0) is 23.3. The van der Waals surface area contributed by atoms with Crippen molar-refractivity contribution in [2.75, 3.05) is 18.5 Å². The Morgan fingerprint density at radius 2 is 1.69 bits per heavy atom. The minimum atomic E-state index is -1.48. The lowest BCUT2D eigenvalue weighted by Gasteiger charge is -2.43. The Morgan fingerprint density at radius 1 is 1.06 bits per heavy atom. The summed E-state index contributed by atoms with van der Waals surface area (Å²) in [5, 5.41) is 15.2. The van der Waals surface area contributed by atoms with Gasteiger partial charge in [-0.1, -0.05) is 41.9 Å². The maximum absolute atomic E-state index is 13.2. The van der Waals surface area contributed by atoms with E-state index in [1.807, 2.05) is 30.3 Å². The maximum Gasteiger partial charge on any atom is 0.336 e. The molecular formula is C25H28ClNO5. The van der Waals surface area contributed by atoms with Crippen LogP contribution in [0.15, 0.2) is 65.9 Å². The summed E-state index contributed by atoms with van der Waals surface area (Å²) in [6.07, 6.45) is 0.0453. The van der Waals surface area contributed by atoms with Crippen molar-refractivity contribution in [1.29, 1.82) is 0 Å². The molecule has 0 bridgehead atoms. The third kappa shape index (κ3) is 5.14. The summed E-state index contributed by atoms with van der Waals surface area (Å²) >= 11 is 6.08. The van der Waals surface area contributed by atoms with E-state index in [4.69, 9.17) is 21.1 Å². The van der Waals surface area contributed by atoms with Gasteiger partial charge in [-0.05, 0) is 50.6 Å². The monoisotopic (exact) mass is 457 g/mol. The molecule has 0 unspecified atom stereocenters. The molecule has 1 aliphatic rings. The number of ether oxygens (including phenoxy) is 2. The Bertz CT molecular complexity index is 985. The van der Waals surface area contributed by atoms with Gasteiger partial charge in [0.25, 0.3) is 0 Å². The average Bonchev–Trinajstić information content (AvgIpc) is 2.74. The maximum atomic E-state index is 13.2. The second-order valence-electron chi connectivity index (χ2n) is 7.90. The zero-order valence-electron chi connectivity index (χ0n) is 18.4. The van der Waals surface area contributed by atoms with Gasteiger partial charge >= 0.3 is 11.9 Å². The first-order chi connectivity index (χ1) is 15.3. The van der Waals surface area contributed by atoms with Crippen molar-refractivity contribution in [2.24, 2.45) is 5.92 Å². The fraction of sp³-hybridized carbons (Fsp3) is 0.360. The molecule has 0 aromatic heterocycles. The number of benzene rings is 2. The van der Waals surface area contributed by atoms with Crippen LogP contribution in [0.2, 0.25) is 5.02 Å². The SMILES string of the molecule is CCOC(=O)C1=C(Nc2ccccc2)C[C@](C)(O)[C@@H](C(=O)OCC)[C@@H]1c1ccc(Cl)cc1. The number of esters is 2. The molecule has 0 amide bonds. The van der Waals surface area contributed by atoms with Crippen LogP contribution in [-0.2, 0) is 19.1 Å². The van der Waals surface area contributed by atoms with E-state index in [9.17, 15) is 14.7 Å². The minimum absolute atomic E-state index is 0.0453. The van der Waals surface area contributed by atoms with Crippen LogP contribution < -0.4 is 5.32 Å². The first-order valence-electron chi connectivity index (χ1n) is 10.6. The average molecular weight is 458 g/mol. The molecule has 2 N–H and O–H groups in total. The van der Waals surface area contributed by atoms with E-state index in [1.165, 1.54) is 0 Å². The summed E-state index contributed by atoms with van der Waals surface area (Å²) in [5.41, 5.74) is 0.721. The van der Waals surface area contributed by atoms with Crippen LogP contribution in [0.5, 0.6) is 0 Å². The minimum Gasteiger partial charge on any atom is -0.466 e. The molecule has 3 atom stereocenters. The second kappa shape index (κ2) is 10.2. The van der Waals surface area contributed by atoms with Crippen LogP contribution in [0, 0.1) is 5.92 Å². The highest BCUT2D eigenvalue weighted by molar-refractivity contribution is 6.30. The van der Waals surface area contributed by atoms with Gasteiger partial charge in [-0.2, -0.15) is 0 Å². The Morgan fingerprint density at radius 3 is 2.28 bits per heavy atom. The molecule has 6 nitrogen and oxygen atoms in total. The summed E-state index contributed by atoms with van der Waals surface area (Å²) < 4.78 is 10.7. The molecule has 2 aromatic rings. The molecule has 0 radical (unpaired) electrons. The van der Waals surface area contributed by atoms with Crippen molar-refractivity contribution < 1.29 is 24.2 Å². The number of rotatable bonds is 7. The molecule has 0 saturated carbocycles. The van der Waals surface area contributed by atoms with Gasteiger partial charge in [0.05, 0.1) is 30.3 Å². The molecule has 32 heavy (non-hydrogen) atoms. The Kier molecular flexibility index (Phi) is 7.59. The lowest BCUT2D eigenvalue weighted by molar-refractivity contribution is -0.159. The summed E-state index contributed by atoms with van der Waals surface area (Å²) in [5.74, 6) is -2.92. The van der Waals surface area contributed by atoms with E-state index >= 15 is 0 Å². The Hall–Kier alpha value is -2.83. The van der Waals surface area contributed by atoms with E-state index < -0.39 is 29.4 Å². The van der Waals surface area contributed by atoms with Crippen molar-refractivity contribution in [3.63, 3.8) is 0 Å². The standard InChI is InChI=1S/C25H28ClNO5/c1-4-31-23(28)21-19(27-18-9-7-6-8-10-18)15-25(3,30)22(24(29)32-5-2)20(21)16-11-13-17(26)14-12-16/h6-14,20,22,27,30H,4-5,15H2,1-3H3/t20-,22-,25+/m1/s1. The number of carbonyl (C=O) groups is 2. The number of hydrogen-bond acceptors (Lipinski definition) is 6. The number of para-hydroxylation sites is 1. The smallest absolute Gasteiger partial charge is 0.336 e. The van der Waals surface area contributed by atoms with Gasteiger partial charge in [0, 0.05) is 28.7 Å². The lowest BCUT2D eigenvalue weighted by Crippen LogP contribution is -2.49. The number of halogens is 1. The number of carbonyl (C=O) groups excluding carboxylic acids is 2. The Balaban J connectivity index is 2.23. The van der Waals surface area contributed by atoms with Gasteiger partial charge in [-0.25, -0.2) is 4.79 Å². The van der Waals surface area contributed by atoms with Crippen LogP contribution >= 0.6 is 11.6 Å². The highest BCUT2D eigenvalue weighted by Crippen LogP contribution is 2.48. The highest BCUT2D eigenvalue weighted by Gasteiger charge is 2.52. The van der Waals surface area contributed by atoms with Crippen molar-refractivity contribution in [3.05, 3.63) is 76.5 Å². The van der Waals surface area contributed by atoms with Gasteiger partial charge < -0.3 is 19.9 Å².